The fourth-order valence-corrected chi connectivity index (χ4v) is 3.13. The average molecular weight is 507 g/mol. The number of halogens is 3. The zero-order valence-corrected chi connectivity index (χ0v) is 16.3. The number of amides is 1. The number of carbonyl (C=O) groups is 1. The summed E-state index contributed by atoms with van der Waals surface area (Å²) in [5, 5.41) is 23.3. The van der Waals surface area contributed by atoms with Crippen LogP contribution in [0.15, 0.2) is 48.9 Å². The van der Waals surface area contributed by atoms with Crippen molar-refractivity contribution in [2.75, 3.05) is 0 Å². The van der Waals surface area contributed by atoms with Gasteiger partial charge in [-0.15, -0.1) is 0 Å². The van der Waals surface area contributed by atoms with E-state index in [9.17, 15) is 15.0 Å². The Balaban J connectivity index is 2.01. The number of carbonyl (C=O) groups excluding carboxylic acids is 1. The first-order valence-electron chi connectivity index (χ1n) is 6.34. The second-order valence-electron chi connectivity index (χ2n) is 4.56. The summed E-state index contributed by atoms with van der Waals surface area (Å²) in [6, 6.07) is 8.88. The lowest BCUT2D eigenvalue weighted by molar-refractivity contribution is -0.120. The van der Waals surface area contributed by atoms with Crippen LogP contribution in [0.3, 0.4) is 0 Å². The van der Waals surface area contributed by atoms with E-state index in [4.69, 9.17) is 0 Å². The summed E-state index contributed by atoms with van der Waals surface area (Å²) >= 11 is 9.56. The number of phenols is 2. The first-order valence-corrected chi connectivity index (χ1v) is 8.72. The number of aromatic hydroxyl groups is 2. The van der Waals surface area contributed by atoms with Gasteiger partial charge in [-0.25, -0.2) is 5.43 Å². The Morgan fingerprint density at radius 2 is 1.78 bits per heavy atom. The minimum absolute atomic E-state index is 0.112. The van der Waals surface area contributed by atoms with Crippen LogP contribution in [-0.2, 0) is 11.2 Å². The summed E-state index contributed by atoms with van der Waals surface area (Å²) in [6.07, 6.45) is 1.49. The molecule has 0 unspecified atom stereocenters. The Bertz CT molecular complexity index is 762. The minimum Gasteiger partial charge on any atom is -0.506 e. The molecule has 0 saturated heterocycles. The molecule has 2 aromatic rings. The molecule has 0 radical (unpaired) electrons. The van der Waals surface area contributed by atoms with E-state index in [1.165, 1.54) is 12.3 Å². The third kappa shape index (κ3) is 4.79. The van der Waals surface area contributed by atoms with Crippen molar-refractivity contribution in [1.29, 1.82) is 0 Å². The van der Waals surface area contributed by atoms with E-state index in [-0.39, 0.29) is 28.3 Å². The molecule has 0 saturated carbocycles. The highest BCUT2D eigenvalue weighted by atomic mass is 79.9. The van der Waals surface area contributed by atoms with Gasteiger partial charge in [-0.2, -0.15) is 5.10 Å². The van der Waals surface area contributed by atoms with Crippen LogP contribution >= 0.6 is 47.8 Å². The fraction of sp³-hybridized carbons (Fsp3) is 0.0667. The first kappa shape index (κ1) is 18.0. The lowest BCUT2D eigenvalue weighted by Crippen LogP contribution is -2.19. The van der Waals surface area contributed by atoms with Gasteiger partial charge in [-0.05, 0) is 55.6 Å². The number of nitrogens with one attached hydrogen (secondary N) is 1. The number of hydrogen-bond acceptors (Lipinski definition) is 4. The fourth-order valence-electron chi connectivity index (χ4n) is 1.72. The molecule has 0 aromatic heterocycles. The number of hydrazone groups is 1. The molecule has 0 heterocycles. The van der Waals surface area contributed by atoms with Crippen LogP contribution in [0.25, 0.3) is 0 Å². The quantitative estimate of drug-likeness (QED) is 0.432. The normalized spacial score (nSPS) is 10.9. The Morgan fingerprint density at radius 3 is 2.43 bits per heavy atom. The van der Waals surface area contributed by atoms with Crippen molar-refractivity contribution in [3.63, 3.8) is 0 Å². The molecule has 23 heavy (non-hydrogen) atoms. The van der Waals surface area contributed by atoms with Crippen molar-refractivity contribution in [2.24, 2.45) is 5.10 Å². The Kier molecular flexibility index (Phi) is 6.20. The van der Waals surface area contributed by atoms with Gasteiger partial charge in [0.05, 0.1) is 17.1 Å². The van der Waals surface area contributed by atoms with Gasteiger partial charge in [0.1, 0.15) is 16.0 Å². The van der Waals surface area contributed by atoms with Crippen LogP contribution in [0.4, 0.5) is 0 Å². The smallest absolute Gasteiger partial charge is 0.244 e. The molecule has 5 nitrogen and oxygen atoms in total. The van der Waals surface area contributed by atoms with Crippen molar-refractivity contribution >= 4 is 59.9 Å². The molecule has 2 aromatic carbocycles. The minimum atomic E-state index is -0.278. The maximum absolute atomic E-state index is 11.8. The van der Waals surface area contributed by atoms with Crippen LogP contribution in [0, 0.1) is 0 Å². The molecule has 3 N–H and O–H groups in total. The summed E-state index contributed by atoms with van der Waals surface area (Å²) in [6.45, 7) is 0. The standard InChI is InChI=1S/C15H11Br3N2O3/c16-10-3-1-8(2-4-10)5-12(21)20-19-7-9-6-11(17)15(23)13(18)14(9)22/h1-4,6-7,22-23H,5H2,(H,20,21)/b19-7+. The highest BCUT2D eigenvalue weighted by Gasteiger charge is 2.12. The zero-order chi connectivity index (χ0) is 17.0. The molecule has 1 amide bonds. The van der Waals surface area contributed by atoms with Crippen molar-refractivity contribution in [3.05, 3.63) is 54.9 Å². The van der Waals surface area contributed by atoms with Gasteiger partial charge in [0, 0.05) is 10.0 Å². The van der Waals surface area contributed by atoms with Crippen LogP contribution < -0.4 is 5.43 Å². The molecule has 120 valence electrons. The number of benzene rings is 2. The summed E-state index contributed by atoms with van der Waals surface area (Å²) < 4.78 is 1.48. The predicted molar refractivity (Wildman–Crippen MR) is 98.8 cm³/mol. The van der Waals surface area contributed by atoms with Gasteiger partial charge in [0.25, 0.3) is 0 Å². The molecule has 0 atom stereocenters. The van der Waals surface area contributed by atoms with E-state index < -0.39 is 0 Å². The monoisotopic (exact) mass is 504 g/mol. The van der Waals surface area contributed by atoms with E-state index in [1.54, 1.807) is 0 Å². The van der Waals surface area contributed by atoms with E-state index in [2.05, 4.69) is 58.3 Å². The van der Waals surface area contributed by atoms with Gasteiger partial charge >= 0.3 is 0 Å². The highest BCUT2D eigenvalue weighted by Crippen LogP contribution is 2.40. The molecule has 0 aliphatic carbocycles. The largest absolute Gasteiger partial charge is 0.506 e. The lowest BCUT2D eigenvalue weighted by atomic mass is 10.1. The maximum Gasteiger partial charge on any atom is 0.244 e. The second-order valence-corrected chi connectivity index (χ2v) is 7.12. The average Bonchev–Trinajstić information content (AvgIpc) is 2.52. The predicted octanol–water partition coefficient (Wildman–Crippen LogP) is 4.08. The van der Waals surface area contributed by atoms with E-state index >= 15 is 0 Å². The second kappa shape index (κ2) is 7.94. The third-order valence-electron chi connectivity index (χ3n) is 2.87. The molecular formula is C15H11Br3N2O3. The molecular weight excluding hydrogens is 496 g/mol. The van der Waals surface area contributed by atoms with Crippen LogP contribution in [0.5, 0.6) is 11.5 Å². The first-order chi connectivity index (χ1) is 10.9. The van der Waals surface area contributed by atoms with Gasteiger partial charge < -0.3 is 10.2 Å². The SMILES string of the molecule is O=C(Cc1ccc(Br)cc1)N/N=C/c1cc(Br)c(O)c(Br)c1O. The molecule has 0 fully saturated rings. The molecule has 0 spiro atoms. The van der Waals surface area contributed by atoms with E-state index in [1.807, 2.05) is 24.3 Å². The van der Waals surface area contributed by atoms with Crippen LogP contribution in [-0.4, -0.2) is 22.3 Å². The summed E-state index contributed by atoms with van der Waals surface area (Å²) in [4.78, 5) is 11.8. The molecule has 0 aliphatic heterocycles. The van der Waals surface area contributed by atoms with Crippen LogP contribution in [0.2, 0.25) is 0 Å². The summed E-state index contributed by atoms with van der Waals surface area (Å²) in [7, 11) is 0. The van der Waals surface area contributed by atoms with E-state index in [0.717, 1.165) is 10.0 Å². The number of rotatable bonds is 4. The number of hydrogen-bond donors (Lipinski definition) is 3. The Labute approximate surface area is 157 Å². The zero-order valence-electron chi connectivity index (χ0n) is 11.6. The Hall–Kier alpha value is -1.38. The topological polar surface area (TPSA) is 81.9 Å². The maximum atomic E-state index is 11.8. The number of nitrogens with zero attached hydrogens (tertiary/aromatic N) is 1. The van der Waals surface area contributed by atoms with Crippen molar-refractivity contribution in [2.45, 2.75) is 6.42 Å². The Morgan fingerprint density at radius 1 is 1.13 bits per heavy atom. The van der Waals surface area contributed by atoms with Crippen molar-refractivity contribution < 1.29 is 15.0 Å². The van der Waals surface area contributed by atoms with Crippen molar-refractivity contribution in [1.82, 2.24) is 5.43 Å². The highest BCUT2D eigenvalue weighted by molar-refractivity contribution is 9.11. The van der Waals surface area contributed by atoms with Gasteiger partial charge in [0.2, 0.25) is 5.91 Å². The van der Waals surface area contributed by atoms with Gasteiger partial charge in [-0.3, -0.25) is 4.79 Å². The molecule has 2 rings (SSSR count). The summed E-state index contributed by atoms with van der Waals surface area (Å²) in [5.74, 6) is -0.560. The molecule has 0 bridgehead atoms. The van der Waals surface area contributed by atoms with Gasteiger partial charge in [0.15, 0.2) is 0 Å². The lowest BCUT2D eigenvalue weighted by Gasteiger charge is -2.06. The van der Waals surface area contributed by atoms with Crippen LogP contribution in [0.1, 0.15) is 11.1 Å². The van der Waals surface area contributed by atoms with Gasteiger partial charge in [-0.1, -0.05) is 28.1 Å². The molecule has 8 heteroatoms. The summed E-state index contributed by atoms with van der Waals surface area (Å²) in [5.41, 5.74) is 3.59. The number of phenolic OH excluding ortho intramolecular Hbond substituents is 2. The van der Waals surface area contributed by atoms with Crippen molar-refractivity contribution in [3.8, 4) is 11.5 Å². The van der Waals surface area contributed by atoms with E-state index in [0.29, 0.717) is 10.0 Å². The third-order valence-corrected chi connectivity index (χ3v) is 4.75. The molecule has 0 aliphatic rings.